The molecule has 1 saturated heterocycles. The highest BCUT2D eigenvalue weighted by molar-refractivity contribution is 7.13. The molecule has 0 bridgehead atoms. The maximum absolute atomic E-state index is 12.5. The number of aromatic nitrogens is 1. The summed E-state index contributed by atoms with van der Waals surface area (Å²) in [7, 11) is 0. The standard InChI is InChI=1S/C15H17N3O3S/c1-10-13(22-11(2)16-10)15(20)18-7-5-17(6-8-18)14(19)12-4-3-9-21-12/h3-4,9H,5-8H2,1-2H3. The Morgan fingerprint density at radius 2 is 1.77 bits per heavy atom. The molecule has 6 nitrogen and oxygen atoms in total. The highest BCUT2D eigenvalue weighted by Gasteiger charge is 2.28. The number of carbonyl (C=O) groups is 2. The summed E-state index contributed by atoms with van der Waals surface area (Å²) in [6.07, 6.45) is 1.49. The number of hydrogen-bond donors (Lipinski definition) is 0. The minimum Gasteiger partial charge on any atom is -0.459 e. The maximum Gasteiger partial charge on any atom is 0.289 e. The van der Waals surface area contributed by atoms with Crippen molar-refractivity contribution < 1.29 is 14.0 Å². The van der Waals surface area contributed by atoms with Crippen LogP contribution in [0.4, 0.5) is 0 Å². The Hall–Kier alpha value is -2.15. The number of thiazole rings is 1. The average molecular weight is 319 g/mol. The van der Waals surface area contributed by atoms with Crippen molar-refractivity contribution in [2.75, 3.05) is 26.2 Å². The van der Waals surface area contributed by atoms with E-state index in [0.717, 1.165) is 10.7 Å². The zero-order valence-corrected chi connectivity index (χ0v) is 13.4. The van der Waals surface area contributed by atoms with Gasteiger partial charge in [0.1, 0.15) is 4.88 Å². The third kappa shape index (κ3) is 2.76. The number of piperazine rings is 1. The van der Waals surface area contributed by atoms with Crippen LogP contribution in [0.15, 0.2) is 22.8 Å². The van der Waals surface area contributed by atoms with E-state index in [2.05, 4.69) is 4.98 Å². The average Bonchev–Trinajstić information content (AvgIpc) is 3.15. The molecule has 0 aliphatic carbocycles. The van der Waals surface area contributed by atoms with E-state index in [1.807, 2.05) is 13.8 Å². The highest BCUT2D eigenvalue weighted by atomic mass is 32.1. The second-order valence-corrected chi connectivity index (χ2v) is 6.41. The van der Waals surface area contributed by atoms with E-state index in [1.165, 1.54) is 17.6 Å². The van der Waals surface area contributed by atoms with Gasteiger partial charge >= 0.3 is 0 Å². The first-order valence-electron chi connectivity index (χ1n) is 7.12. The summed E-state index contributed by atoms with van der Waals surface area (Å²) < 4.78 is 5.13. The van der Waals surface area contributed by atoms with Gasteiger partial charge in [-0.15, -0.1) is 11.3 Å². The Balaban J connectivity index is 1.63. The maximum atomic E-state index is 12.5. The quantitative estimate of drug-likeness (QED) is 0.848. The van der Waals surface area contributed by atoms with E-state index >= 15 is 0 Å². The molecular weight excluding hydrogens is 302 g/mol. The largest absolute Gasteiger partial charge is 0.459 e. The van der Waals surface area contributed by atoms with Gasteiger partial charge in [-0.1, -0.05) is 0 Å². The summed E-state index contributed by atoms with van der Waals surface area (Å²) in [4.78, 5) is 33.2. The minimum atomic E-state index is -0.123. The predicted molar refractivity (Wildman–Crippen MR) is 82.1 cm³/mol. The summed E-state index contributed by atoms with van der Waals surface area (Å²) in [5.41, 5.74) is 0.779. The Morgan fingerprint density at radius 1 is 1.14 bits per heavy atom. The lowest BCUT2D eigenvalue weighted by Crippen LogP contribution is -2.50. The smallest absolute Gasteiger partial charge is 0.289 e. The van der Waals surface area contributed by atoms with Crippen molar-refractivity contribution in [2.24, 2.45) is 0 Å². The molecule has 1 fully saturated rings. The molecule has 0 N–H and O–H groups in total. The number of aryl methyl sites for hydroxylation is 2. The SMILES string of the molecule is Cc1nc(C)c(C(=O)N2CCN(C(=O)c3ccco3)CC2)s1. The first kappa shape index (κ1) is 14.8. The second-order valence-electron chi connectivity index (χ2n) is 5.21. The Kier molecular flexibility index (Phi) is 3.98. The van der Waals surface area contributed by atoms with Crippen molar-refractivity contribution in [3.05, 3.63) is 39.7 Å². The number of carbonyl (C=O) groups excluding carboxylic acids is 2. The number of amides is 2. The van der Waals surface area contributed by atoms with E-state index in [-0.39, 0.29) is 11.8 Å². The number of nitrogens with zero attached hydrogens (tertiary/aromatic N) is 3. The molecule has 116 valence electrons. The highest BCUT2D eigenvalue weighted by Crippen LogP contribution is 2.20. The summed E-state index contributed by atoms with van der Waals surface area (Å²) >= 11 is 1.42. The second kappa shape index (κ2) is 5.92. The van der Waals surface area contributed by atoms with Crippen molar-refractivity contribution in [2.45, 2.75) is 13.8 Å². The molecule has 0 atom stereocenters. The molecular formula is C15H17N3O3S. The zero-order valence-electron chi connectivity index (χ0n) is 12.5. The Bertz CT molecular complexity index is 685. The minimum absolute atomic E-state index is 0.00759. The third-order valence-electron chi connectivity index (χ3n) is 3.68. The summed E-state index contributed by atoms with van der Waals surface area (Å²) in [6.45, 7) is 5.84. The molecule has 0 radical (unpaired) electrons. The number of rotatable bonds is 2. The van der Waals surface area contributed by atoms with Gasteiger partial charge in [-0.25, -0.2) is 4.98 Å². The van der Waals surface area contributed by atoms with Gasteiger partial charge in [0, 0.05) is 26.2 Å². The van der Waals surface area contributed by atoms with Gasteiger partial charge in [0.05, 0.1) is 17.0 Å². The van der Waals surface area contributed by atoms with Gasteiger partial charge in [0.25, 0.3) is 11.8 Å². The fourth-order valence-electron chi connectivity index (χ4n) is 2.54. The summed E-state index contributed by atoms with van der Waals surface area (Å²) in [5.74, 6) is 0.226. The molecule has 0 aromatic carbocycles. The van der Waals surface area contributed by atoms with Crippen LogP contribution in [0.3, 0.4) is 0 Å². The zero-order chi connectivity index (χ0) is 15.7. The van der Waals surface area contributed by atoms with Gasteiger partial charge in [0.15, 0.2) is 5.76 Å². The van der Waals surface area contributed by atoms with Crippen LogP contribution < -0.4 is 0 Å². The van der Waals surface area contributed by atoms with E-state index in [0.29, 0.717) is 36.8 Å². The van der Waals surface area contributed by atoms with Crippen molar-refractivity contribution in [3.63, 3.8) is 0 Å². The molecule has 22 heavy (non-hydrogen) atoms. The van der Waals surface area contributed by atoms with Crippen LogP contribution in [0.2, 0.25) is 0 Å². The van der Waals surface area contributed by atoms with E-state index < -0.39 is 0 Å². The first-order chi connectivity index (χ1) is 10.6. The lowest BCUT2D eigenvalue weighted by atomic mass is 10.2. The summed E-state index contributed by atoms with van der Waals surface area (Å²) in [6, 6.07) is 3.35. The van der Waals surface area contributed by atoms with Gasteiger partial charge < -0.3 is 14.2 Å². The van der Waals surface area contributed by atoms with Crippen LogP contribution in [0.25, 0.3) is 0 Å². The molecule has 0 spiro atoms. The molecule has 3 rings (SSSR count). The molecule has 2 amide bonds. The van der Waals surface area contributed by atoms with E-state index in [9.17, 15) is 9.59 Å². The van der Waals surface area contributed by atoms with Crippen LogP contribution in [-0.2, 0) is 0 Å². The molecule has 1 aliphatic heterocycles. The van der Waals surface area contributed by atoms with Crippen molar-refractivity contribution >= 4 is 23.2 Å². The van der Waals surface area contributed by atoms with E-state index in [4.69, 9.17) is 4.42 Å². The van der Waals surface area contributed by atoms with Crippen molar-refractivity contribution in [3.8, 4) is 0 Å². The van der Waals surface area contributed by atoms with Gasteiger partial charge in [-0.3, -0.25) is 9.59 Å². The molecule has 3 heterocycles. The third-order valence-corrected chi connectivity index (χ3v) is 4.74. The molecule has 2 aromatic rings. The van der Waals surface area contributed by atoms with Crippen LogP contribution in [0.5, 0.6) is 0 Å². The van der Waals surface area contributed by atoms with Gasteiger partial charge in [-0.2, -0.15) is 0 Å². The van der Waals surface area contributed by atoms with Crippen LogP contribution in [0.1, 0.15) is 30.9 Å². The summed E-state index contributed by atoms with van der Waals surface area (Å²) in [5, 5.41) is 0.896. The molecule has 0 saturated carbocycles. The Labute approximate surface area is 132 Å². The molecule has 0 unspecified atom stereocenters. The van der Waals surface area contributed by atoms with Gasteiger partial charge in [0.2, 0.25) is 0 Å². The lowest BCUT2D eigenvalue weighted by Gasteiger charge is -2.34. The molecule has 7 heteroatoms. The van der Waals surface area contributed by atoms with Crippen molar-refractivity contribution in [1.82, 2.24) is 14.8 Å². The molecule has 2 aromatic heterocycles. The monoisotopic (exact) mass is 319 g/mol. The van der Waals surface area contributed by atoms with Crippen LogP contribution in [0, 0.1) is 13.8 Å². The van der Waals surface area contributed by atoms with Crippen LogP contribution in [-0.4, -0.2) is 52.8 Å². The van der Waals surface area contributed by atoms with Crippen molar-refractivity contribution in [1.29, 1.82) is 0 Å². The normalized spacial score (nSPS) is 15.2. The predicted octanol–water partition coefficient (Wildman–Crippen LogP) is 1.95. The Morgan fingerprint density at radius 3 is 2.27 bits per heavy atom. The van der Waals surface area contributed by atoms with Crippen LogP contribution >= 0.6 is 11.3 Å². The first-order valence-corrected chi connectivity index (χ1v) is 7.94. The molecule has 1 aliphatic rings. The van der Waals surface area contributed by atoms with Gasteiger partial charge in [-0.05, 0) is 26.0 Å². The number of hydrogen-bond acceptors (Lipinski definition) is 5. The fraction of sp³-hybridized carbons (Fsp3) is 0.400. The lowest BCUT2D eigenvalue weighted by molar-refractivity contribution is 0.0520. The van der Waals surface area contributed by atoms with E-state index in [1.54, 1.807) is 21.9 Å². The topological polar surface area (TPSA) is 66.7 Å². The fourth-order valence-corrected chi connectivity index (χ4v) is 3.43. The number of furan rings is 1.